The number of benzene rings is 1. The third kappa shape index (κ3) is 4.55. The van der Waals surface area contributed by atoms with Gasteiger partial charge in [0.1, 0.15) is 0 Å². The number of rotatable bonds is 6. The first-order valence-electron chi connectivity index (χ1n) is 8.68. The molecule has 0 radical (unpaired) electrons. The van der Waals surface area contributed by atoms with E-state index in [1.807, 2.05) is 18.2 Å². The number of nitrogens with one attached hydrogen (secondary N) is 1. The quantitative estimate of drug-likeness (QED) is 0.857. The van der Waals surface area contributed by atoms with Gasteiger partial charge in [-0.3, -0.25) is 14.5 Å². The Labute approximate surface area is 142 Å². The lowest BCUT2D eigenvalue weighted by Gasteiger charge is -2.27. The second kappa shape index (κ2) is 8.26. The fourth-order valence-corrected chi connectivity index (χ4v) is 3.17. The first-order chi connectivity index (χ1) is 11.7. The van der Waals surface area contributed by atoms with E-state index >= 15 is 0 Å². The summed E-state index contributed by atoms with van der Waals surface area (Å²) in [7, 11) is 0. The molecule has 0 atom stereocenters. The van der Waals surface area contributed by atoms with Gasteiger partial charge in [-0.15, -0.1) is 0 Å². The number of anilines is 1. The average Bonchev–Trinajstić information content (AvgIpc) is 3.01. The maximum Gasteiger partial charge on any atom is 0.226 e. The first-order valence-corrected chi connectivity index (χ1v) is 8.68. The van der Waals surface area contributed by atoms with Crippen molar-refractivity contribution in [1.82, 2.24) is 9.80 Å². The minimum Gasteiger partial charge on any atom is -0.379 e. The molecular weight excluding hydrogens is 306 g/mol. The molecule has 2 saturated heterocycles. The lowest BCUT2D eigenvalue weighted by Crippen LogP contribution is -2.36. The molecule has 0 spiro atoms. The summed E-state index contributed by atoms with van der Waals surface area (Å²) in [6.07, 6.45) is 1.87. The highest BCUT2D eigenvalue weighted by Gasteiger charge is 2.20. The maximum atomic E-state index is 12.2. The molecule has 1 N–H and O–H groups in total. The largest absolute Gasteiger partial charge is 0.379 e. The van der Waals surface area contributed by atoms with Gasteiger partial charge in [-0.2, -0.15) is 0 Å². The van der Waals surface area contributed by atoms with E-state index in [-0.39, 0.29) is 11.8 Å². The molecule has 0 bridgehead atoms. The summed E-state index contributed by atoms with van der Waals surface area (Å²) in [5, 5.41) is 3.00. The highest BCUT2D eigenvalue weighted by Crippen LogP contribution is 2.18. The van der Waals surface area contributed by atoms with Crippen molar-refractivity contribution in [3.8, 4) is 0 Å². The molecule has 0 aromatic heterocycles. The standard InChI is InChI=1S/C18H25N3O3/c22-17(7-9-21-8-3-6-18(21)23)19-16-5-2-1-4-15(16)14-20-10-12-24-13-11-20/h1-2,4-5H,3,6-14H2,(H,19,22). The predicted molar refractivity (Wildman–Crippen MR) is 91.6 cm³/mol. The van der Waals surface area contributed by atoms with Crippen LogP contribution in [0.1, 0.15) is 24.8 Å². The van der Waals surface area contributed by atoms with Crippen LogP contribution in [0.25, 0.3) is 0 Å². The lowest BCUT2D eigenvalue weighted by atomic mass is 10.1. The van der Waals surface area contributed by atoms with Crippen LogP contribution in [-0.2, 0) is 20.9 Å². The van der Waals surface area contributed by atoms with E-state index in [2.05, 4.69) is 16.3 Å². The molecule has 1 aromatic carbocycles. The number of carbonyl (C=O) groups is 2. The molecule has 130 valence electrons. The number of morpholine rings is 1. The molecule has 6 nitrogen and oxygen atoms in total. The minimum absolute atomic E-state index is 0.0378. The van der Waals surface area contributed by atoms with Crippen molar-refractivity contribution >= 4 is 17.5 Å². The monoisotopic (exact) mass is 331 g/mol. The highest BCUT2D eigenvalue weighted by atomic mass is 16.5. The van der Waals surface area contributed by atoms with Crippen molar-refractivity contribution in [2.75, 3.05) is 44.7 Å². The zero-order valence-electron chi connectivity index (χ0n) is 14.0. The summed E-state index contributed by atoms with van der Waals surface area (Å²) in [4.78, 5) is 27.9. The minimum atomic E-state index is -0.0378. The van der Waals surface area contributed by atoms with Gasteiger partial charge in [-0.25, -0.2) is 0 Å². The zero-order chi connectivity index (χ0) is 16.8. The van der Waals surface area contributed by atoms with E-state index in [1.54, 1.807) is 4.90 Å². The molecular formula is C18H25N3O3. The summed E-state index contributed by atoms with van der Waals surface area (Å²) in [6.45, 7) is 5.45. The fraction of sp³-hybridized carbons (Fsp3) is 0.556. The van der Waals surface area contributed by atoms with E-state index in [4.69, 9.17) is 4.74 Å². The Bertz CT molecular complexity index is 585. The van der Waals surface area contributed by atoms with E-state index in [9.17, 15) is 9.59 Å². The van der Waals surface area contributed by atoms with E-state index in [0.29, 0.717) is 19.4 Å². The van der Waals surface area contributed by atoms with Gasteiger partial charge < -0.3 is 15.0 Å². The van der Waals surface area contributed by atoms with Crippen LogP contribution in [0.3, 0.4) is 0 Å². The molecule has 0 unspecified atom stereocenters. The Morgan fingerprint density at radius 1 is 1.17 bits per heavy atom. The Hall–Kier alpha value is -1.92. The average molecular weight is 331 g/mol. The van der Waals surface area contributed by atoms with Gasteiger partial charge >= 0.3 is 0 Å². The lowest BCUT2D eigenvalue weighted by molar-refractivity contribution is -0.128. The van der Waals surface area contributed by atoms with Gasteiger partial charge in [0.05, 0.1) is 13.2 Å². The van der Waals surface area contributed by atoms with E-state index in [1.165, 1.54) is 0 Å². The highest BCUT2D eigenvalue weighted by molar-refractivity contribution is 5.92. The maximum absolute atomic E-state index is 12.2. The van der Waals surface area contributed by atoms with Crippen LogP contribution < -0.4 is 5.32 Å². The third-order valence-electron chi connectivity index (χ3n) is 4.57. The predicted octanol–water partition coefficient (Wildman–Crippen LogP) is 1.47. The van der Waals surface area contributed by atoms with Crippen LogP contribution >= 0.6 is 0 Å². The molecule has 2 fully saturated rings. The van der Waals surface area contributed by atoms with Crippen LogP contribution in [0.15, 0.2) is 24.3 Å². The van der Waals surface area contributed by atoms with Gasteiger partial charge in [0.2, 0.25) is 11.8 Å². The first kappa shape index (κ1) is 16.9. The van der Waals surface area contributed by atoms with Gasteiger partial charge in [0, 0.05) is 51.3 Å². The van der Waals surface area contributed by atoms with Crippen molar-refractivity contribution in [1.29, 1.82) is 0 Å². The normalized spacial score (nSPS) is 18.8. The second-order valence-corrected chi connectivity index (χ2v) is 6.33. The van der Waals surface area contributed by atoms with Crippen molar-refractivity contribution in [3.05, 3.63) is 29.8 Å². The number of likely N-dealkylation sites (tertiary alicyclic amines) is 1. The number of amides is 2. The Morgan fingerprint density at radius 3 is 2.71 bits per heavy atom. The fourth-order valence-electron chi connectivity index (χ4n) is 3.17. The Morgan fingerprint density at radius 2 is 1.96 bits per heavy atom. The second-order valence-electron chi connectivity index (χ2n) is 6.33. The van der Waals surface area contributed by atoms with Crippen molar-refractivity contribution in [2.24, 2.45) is 0 Å². The molecule has 6 heteroatoms. The van der Waals surface area contributed by atoms with E-state index in [0.717, 1.165) is 57.1 Å². The number of hydrogen-bond donors (Lipinski definition) is 1. The molecule has 3 rings (SSSR count). The molecule has 24 heavy (non-hydrogen) atoms. The molecule has 0 aliphatic carbocycles. The number of hydrogen-bond acceptors (Lipinski definition) is 4. The molecule has 2 aliphatic rings. The van der Waals surface area contributed by atoms with E-state index < -0.39 is 0 Å². The zero-order valence-corrected chi connectivity index (χ0v) is 14.0. The van der Waals surface area contributed by atoms with Crippen molar-refractivity contribution in [3.63, 3.8) is 0 Å². The van der Waals surface area contributed by atoms with Crippen LogP contribution in [-0.4, -0.2) is 61.0 Å². The number of para-hydroxylation sites is 1. The third-order valence-corrected chi connectivity index (χ3v) is 4.57. The summed E-state index contributed by atoms with van der Waals surface area (Å²) in [5.74, 6) is 0.125. The molecule has 2 amide bonds. The van der Waals surface area contributed by atoms with Crippen molar-refractivity contribution < 1.29 is 14.3 Å². The van der Waals surface area contributed by atoms with Crippen LogP contribution in [0.4, 0.5) is 5.69 Å². The number of ether oxygens (including phenoxy) is 1. The molecule has 1 aromatic rings. The smallest absolute Gasteiger partial charge is 0.226 e. The summed E-state index contributed by atoms with van der Waals surface area (Å²) in [5.41, 5.74) is 1.98. The van der Waals surface area contributed by atoms with Crippen molar-refractivity contribution in [2.45, 2.75) is 25.8 Å². The number of nitrogens with zero attached hydrogens (tertiary/aromatic N) is 2. The molecule has 2 aliphatic heterocycles. The Kier molecular flexibility index (Phi) is 5.82. The Balaban J connectivity index is 1.53. The molecule has 0 saturated carbocycles. The number of carbonyl (C=O) groups excluding carboxylic acids is 2. The van der Waals surface area contributed by atoms with Crippen LogP contribution in [0.5, 0.6) is 0 Å². The molecule has 2 heterocycles. The summed E-state index contributed by atoms with van der Waals surface area (Å²) >= 11 is 0. The van der Waals surface area contributed by atoms with Gasteiger partial charge in [-0.05, 0) is 18.1 Å². The van der Waals surface area contributed by atoms with Gasteiger partial charge in [0.15, 0.2) is 0 Å². The van der Waals surface area contributed by atoms with Crippen LogP contribution in [0.2, 0.25) is 0 Å². The van der Waals surface area contributed by atoms with Gasteiger partial charge in [0.25, 0.3) is 0 Å². The van der Waals surface area contributed by atoms with Gasteiger partial charge in [-0.1, -0.05) is 18.2 Å². The topological polar surface area (TPSA) is 61.9 Å². The summed E-state index contributed by atoms with van der Waals surface area (Å²) < 4.78 is 5.38. The van der Waals surface area contributed by atoms with Crippen LogP contribution in [0, 0.1) is 0 Å². The SMILES string of the molecule is O=C(CCN1CCCC1=O)Nc1ccccc1CN1CCOCC1. The summed E-state index contributed by atoms with van der Waals surface area (Å²) in [6, 6.07) is 7.92.